The molecular formula is C16H20N2O. The number of hydrogen-bond acceptors (Lipinski definition) is 2. The molecule has 1 aromatic rings. The van der Waals surface area contributed by atoms with E-state index in [1.54, 1.807) is 0 Å². The standard InChI is InChI=1S/C16H20N2O/c1-8-11(17)3-2-4-12(8)18-16(19)15-13-9-5-6-10(7-9)14(13)15/h2-4,9-10,13-15H,5-7,17H2,1H3,(H,18,19). The summed E-state index contributed by atoms with van der Waals surface area (Å²) in [5.74, 6) is 3.58. The largest absolute Gasteiger partial charge is 0.398 e. The average molecular weight is 256 g/mol. The molecule has 4 unspecified atom stereocenters. The quantitative estimate of drug-likeness (QED) is 0.799. The zero-order valence-corrected chi connectivity index (χ0v) is 11.2. The molecule has 0 saturated heterocycles. The third kappa shape index (κ3) is 1.54. The van der Waals surface area contributed by atoms with E-state index in [1.807, 2.05) is 25.1 Å². The van der Waals surface area contributed by atoms with Crippen molar-refractivity contribution in [3.63, 3.8) is 0 Å². The fourth-order valence-electron chi connectivity index (χ4n) is 4.68. The maximum absolute atomic E-state index is 12.4. The lowest BCUT2D eigenvalue weighted by atomic mass is 10.0. The number of carbonyl (C=O) groups excluding carboxylic acids is 1. The van der Waals surface area contributed by atoms with Gasteiger partial charge in [0.2, 0.25) is 5.91 Å². The van der Waals surface area contributed by atoms with Gasteiger partial charge in [-0.1, -0.05) is 6.07 Å². The van der Waals surface area contributed by atoms with Gasteiger partial charge in [-0.25, -0.2) is 0 Å². The van der Waals surface area contributed by atoms with Gasteiger partial charge in [0, 0.05) is 17.3 Å². The highest BCUT2D eigenvalue weighted by Crippen LogP contribution is 2.69. The van der Waals surface area contributed by atoms with Crippen molar-refractivity contribution in [3.8, 4) is 0 Å². The van der Waals surface area contributed by atoms with E-state index in [0.717, 1.165) is 28.8 Å². The number of rotatable bonds is 2. The molecule has 4 atom stereocenters. The highest BCUT2D eigenvalue weighted by atomic mass is 16.2. The molecule has 19 heavy (non-hydrogen) atoms. The smallest absolute Gasteiger partial charge is 0.228 e. The summed E-state index contributed by atoms with van der Waals surface area (Å²) in [6.07, 6.45) is 4.09. The van der Waals surface area contributed by atoms with Crippen LogP contribution in [0.15, 0.2) is 18.2 Å². The number of nitrogen functional groups attached to an aromatic ring is 1. The van der Waals surface area contributed by atoms with Crippen LogP contribution in [0.5, 0.6) is 0 Å². The van der Waals surface area contributed by atoms with Crippen molar-refractivity contribution in [2.24, 2.45) is 29.6 Å². The van der Waals surface area contributed by atoms with Gasteiger partial charge in [0.1, 0.15) is 0 Å². The Morgan fingerprint density at radius 3 is 2.63 bits per heavy atom. The molecule has 3 nitrogen and oxygen atoms in total. The van der Waals surface area contributed by atoms with E-state index < -0.39 is 0 Å². The molecule has 100 valence electrons. The minimum absolute atomic E-state index is 0.222. The fraction of sp³-hybridized carbons (Fsp3) is 0.562. The minimum atomic E-state index is 0.222. The zero-order chi connectivity index (χ0) is 13.1. The van der Waals surface area contributed by atoms with Crippen LogP contribution in [0.3, 0.4) is 0 Å². The van der Waals surface area contributed by atoms with Crippen molar-refractivity contribution in [1.29, 1.82) is 0 Å². The normalized spacial score (nSPS) is 38.1. The van der Waals surface area contributed by atoms with Gasteiger partial charge in [0.15, 0.2) is 0 Å². The summed E-state index contributed by atoms with van der Waals surface area (Å²) in [5, 5.41) is 3.09. The van der Waals surface area contributed by atoms with E-state index in [1.165, 1.54) is 19.3 Å². The molecular weight excluding hydrogens is 236 g/mol. The Balaban J connectivity index is 1.50. The Labute approximate surface area is 113 Å². The molecule has 0 aromatic heterocycles. The van der Waals surface area contributed by atoms with Gasteiger partial charge in [-0.05, 0) is 67.6 Å². The van der Waals surface area contributed by atoms with Crippen LogP contribution < -0.4 is 11.1 Å². The first kappa shape index (κ1) is 11.3. The first-order valence-corrected chi connectivity index (χ1v) is 7.33. The summed E-state index contributed by atoms with van der Waals surface area (Å²) >= 11 is 0. The van der Waals surface area contributed by atoms with E-state index >= 15 is 0 Å². The van der Waals surface area contributed by atoms with Crippen LogP contribution in [-0.2, 0) is 4.79 Å². The Bertz CT molecular complexity index is 538. The molecule has 0 radical (unpaired) electrons. The van der Waals surface area contributed by atoms with Crippen LogP contribution in [0.1, 0.15) is 24.8 Å². The molecule has 3 aliphatic carbocycles. The number of benzene rings is 1. The van der Waals surface area contributed by atoms with Gasteiger partial charge < -0.3 is 11.1 Å². The van der Waals surface area contributed by atoms with Crippen molar-refractivity contribution < 1.29 is 4.79 Å². The highest BCUT2D eigenvalue weighted by molar-refractivity contribution is 5.96. The Morgan fingerprint density at radius 1 is 1.26 bits per heavy atom. The lowest BCUT2D eigenvalue weighted by Gasteiger charge is -2.12. The number of hydrogen-bond donors (Lipinski definition) is 2. The third-order valence-electron chi connectivity index (χ3n) is 5.67. The molecule has 0 spiro atoms. The summed E-state index contributed by atoms with van der Waals surface area (Å²) in [6, 6.07) is 5.71. The predicted molar refractivity (Wildman–Crippen MR) is 75.5 cm³/mol. The van der Waals surface area contributed by atoms with Crippen molar-refractivity contribution >= 4 is 17.3 Å². The number of carbonyl (C=O) groups is 1. The summed E-state index contributed by atoms with van der Waals surface area (Å²) in [5.41, 5.74) is 8.48. The third-order valence-corrected chi connectivity index (χ3v) is 5.67. The Kier molecular flexibility index (Phi) is 2.23. The number of nitrogens with two attached hydrogens (primary N) is 1. The summed E-state index contributed by atoms with van der Waals surface area (Å²) in [4.78, 5) is 12.4. The van der Waals surface area contributed by atoms with Crippen LogP contribution >= 0.6 is 0 Å². The molecule has 3 aliphatic rings. The van der Waals surface area contributed by atoms with Crippen molar-refractivity contribution in [3.05, 3.63) is 23.8 Å². The molecule has 0 aliphatic heterocycles. The van der Waals surface area contributed by atoms with Crippen molar-refractivity contribution in [1.82, 2.24) is 0 Å². The Morgan fingerprint density at radius 2 is 1.95 bits per heavy atom. The van der Waals surface area contributed by atoms with Gasteiger partial charge in [-0.3, -0.25) is 4.79 Å². The molecule has 3 heteroatoms. The van der Waals surface area contributed by atoms with E-state index in [-0.39, 0.29) is 11.8 Å². The number of nitrogens with one attached hydrogen (secondary N) is 1. The van der Waals surface area contributed by atoms with Crippen LogP contribution in [-0.4, -0.2) is 5.91 Å². The molecule has 2 bridgehead atoms. The van der Waals surface area contributed by atoms with E-state index in [2.05, 4.69) is 5.32 Å². The summed E-state index contributed by atoms with van der Waals surface area (Å²) in [7, 11) is 0. The van der Waals surface area contributed by atoms with Crippen LogP contribution in [0.25, 0.3) is 0 Å². The van der Waals surface area contributed by atoms with Gasteiger partial charge in [-0.2, -0.15) is 0 Å². The van der Waals surface area contributed by atoms with Crippen LogP contribution in [0, 0.1) is 36.5 Å². The summed E-state index contributed by atoms with van der Waals surface area (Å²) in [6.45, 7) is 1.96. The average Bonchev–Trinajstić information content (AvgIpc) is 2.84. The summed E-state index contributed by atoms with van der Waals surface area (Å²) < 4.78 is 0. The fourth-order valence-corrected chi connectivity index (χ4v) is 4.68. The van der Waals surface area contributed by atoms with Crippen LogP contribution in [0.4, 0.5) is 11.4 Å². The molecule has 3 saturated carbocycles. The van der Waals surface area contributed by atoms with E-state index in [9.17, 15) is 4.79 Å². The molecule has 3 N–H and O–H groups in total. The highest BCUT2D eigenvalue weighted by Gasteiger charge is 2.67. The second-order valence-electron chi connectivity index (χ2n) is 6.52. The minimum Gasteiger partial charge on any atom is -0.398 e. The second kappa shape index (κ2) is 3.75. The molecule has 1 aromatic carbocycles. The molecule has 3 fully saturated rings. The van der Waals surface area contributed by atoms with E-state index in [0.29, 0.717) is 11.8 Å². The number of fused-ring (bicyclic) bond motifs is 5. The van der Waals surface area contributed by atoms with Gasteiger partial charge >= 0.3 is 0 Å². The predicted octanol–water partition coefficient (Wildman–Crippen LogP) is 2.81. The number of amides is 1. The second-order valence-corrected chi connectivity index (χ2v) is 6.52. The van der Waals surface area contributed by atoms with Crippen LogP contribution in [0.2, 0.25) is 0 Å². The topological polar surface area (TPSA) is 55.1 Å². The molecule has 0 heterocycles. The van der Waals surface area contributed by atoms with Crippen molar-refractivity contribution in [2.75, 3.05) is 11.1 Å². The first-order valence-electron chi connectivity index (χ1n) is 7.33. The molecule has 4 rings (SSSR count). The van der Waals surface area contributed by atoms with Gasteiger partial charge in [-0.15, -0.1) is 0 Å². The zero-order valence-electron chi connectivity index (χ0n) is 11.2. The molecule has 1 amide bonds. The SMILES string of the molecule is Cc1c(N)cccc1NC(=O)C1C2C3CCC(C3)C12. The maximum atomic E-state index is 12.4. The van der Waals surface area contributed by atoms with Gasteiger partial charge in [0.25, 0.3) is 0 Å². The van der Waals surface area contributed by atoms with E-state index in [4.69, 9.17) is 5.73 Å². The number of anilines is 2. The Hall–Kier alpha value is -1.51. The lowest BCUT2D eigenvalue weighted by molar-refractivity contribution is -0.118. The van der Waals surface area contributed by atoms with Crippen molar-refractivity contribution in [2.45, 2.75) is 26.2 Å². The monoisotopic (exact) mass is 256 g/mol. The lowest BCUT2D eigenvalue weighted by Crippen LogP contribution is -2.19. The maximum Gasteiger partial charge on any atom is 0.228 e. The van der Waals surface area contributed by atoms with Gasteiger partial charge in [0.05, 0.1) is 0 Å². The first-order chi connectivity index (χ1) is 9.16.